The number of thiophene rings is 1. The monoisotopic (exact) mass is 234 g/mol. The van der Waals surface area contributed by atoms with Crippen molar-refractivity contribution in [3.63, 3.8) is 0 Å². The summed E-state index contributed by atoms with van der Waals surface area (Å²) in [6, 6.07) is 4.88. The summed E-state index contributed by atoms with van der Waals surface area (Å²) >= 11 is 1.77. The number of aromatic nitrogens is 1. The van der Waals surface area contributed by atoms with E-state index in [0.717, 1.165) is 13.0 Å². The normalized spacial score (nSPS) is 12.9. The van der Waals surface area contributed by atoms with Crippen molar-refractivity contribution in [1.82, 2.24) is 9.88 Å². The van der Waals surface area contributed by atoms with E-state index in [0.29, 0.717) is 6.04 Å². The van der Waals surface area contributed by atoms with Gasteiger partial charge in [0.2, 0.25) is 0 Å². The molecule has 0 aliphatic rings. The lowest BCUT2D eigenvalue weighted by Gasteiger charge is -2.12. The van der Waals surface area contributed by atoms with Crippen LogP contribution >= 0.6 is 11.3 Å². The number of nitrogens with one attached hydrogen (secondary N) is 1. The summed E-state index contributed by atoms with van der Waals surface area (Å²) in [4.78, 5) is 0. The van der Waals surface area contributed by atoms with Gasteiger partial charge in [-0.3, -0.25) is 0 Å². The largest absolute Gasteiger partial charge is 0.357 e. The molecule has 3 heteroatoms. The van der Waals surface area contributed by atoms with Gasteiger partial charge in [-0.05, 0) is 47.4 Å². The fraction of sp³-hybridized carbons (Fsp3) is 0.385. The Kier molecular flexibility index (Phi) is 3.80. The molecule has 16 heavy (non-hydrogen) atoms. The van der Waals surface area contributed by atoms with E-state index < -0.39 is 0 Å². The Morgan fingerprint density at radius 2 is 2.25 bits per heavy atom. The fourth-order valence-corrected chi connectivity index (χ4v) is 2.47. The number of hydrogen-bond donors (Lipinski definition) is 1. The first kappa shape index (κ1) is 11.4. The predicted octanol–water partition coefficient (Wildman–Crippen LogP) is 2.81. The van der Waals surface area contributed by atoms with E-state index in [1.165, 1.54) is 11.1 Å². The molecular formula is C13H18N2S. The highest BCUT2D eigenvalue weighted by Crippen LogP contribution is 2.09. The third-order valence-electron chi connectivity index (χ3n) is 2.67. The zero-order valence-corrected chi connectivity index (χ0v) is 10.6. The minimum absolute atomic E-state index is 0.523. The van der Waals surface area contributed by atoms with Crippen LogP contribution in [0.4, 0.5) is 0 Å². The molecule has 0 saturated carbocycles. The summed E-state index contributed by atoms with van der Waals surface area (Å²) in [5.41, 5.74) is 2.78. The van der Waals surface area contributed by atoms with Crippen molar-refractivity contribution in [2.24, 2.45) is 7.05 Å². The molecule has 2 nitrogen and oxygen atoms in total. The van der Waals surface area contributed by atoms with Gasteiger partial charge < -0.3 is 9.88 Å². The molecule has 0 aliphatic heterocycles. The molecule has 0 amide bonds. The van der Waals surface area contributed by atoms with E-state index in [1.54, 1.807) is 11.3 Å². The van der Waals surface area contributed by atoms with Crippen molar-refractivity contribution in [3.8, 4) is 0 Å². The smallest absolute Gasteiger partial charge is 0.0223 e. The second-order valence-corrected chi connectivity index (χ2v) is 5.08. The number of hydrogen-bond acceptors (Lipinski definition) is 2. The Balaban J connectivity index is 1.77. The van der Waals surface area contributed by atoms with Gasteiger partial charge in [0.05, 0.1) is 0 Å². The summed E-state index contributed by atoms with van der Waals surface area (Å²) in [6.07, 6.45) is 5.35. The van der Waals surface area contributed by atoms with Gasteiger partial charge >= 0.3 is 0 Å². The van der Waals surface area contributed by atoms with Crippen molar-refractivity contribution in [2.75, 3.05) is 0 Å². The molecule has 0 saturated heterocycles. The van der Waals surface area contributed by atoms with Gasteiger partial charge in [0.1, 0.15) is 0 Å². The molecule has 0 spiro atoms. The zero-order valence-electron chi connectivity index (χ0n) is 9.81. The molecule has 2 aromatic rings. The maximum absolute atomic E-state index is 3.54. The van der Waals surface area contributed by atoms with Crippen LogP contribution < -0.4 is 5.32 Å². The van der Waals surface area contributed by atoms with Gasteiger partial charge in [-0.25, -0.2) is 0 Å². The lowest BCUT2D eigenvalue weighted by molar-refractivity contribution is 0.546. The van der Waals surface area contributed by atoms with Crippen molar-refractivity contribution in [1.29, 1.82) is 0 Å². The Hall–Kier alpha value is -1.06. The minimum atomic E-state index is 0.523. The van der Waals surface area contributed by atoms with Crippen LogP contribution in [0.2, 0.25) is 0 Å². The molecule has 2 rings (SSSR count). The van der Waals surface area contributed by atoms with Crippen LogP contribution in [0.5, 0.6) is 0 Å². The van der Waals surface area contributed by atoms with Crippen LogP contribution in [-0.2, 0) is 20.0 Å². The first-order chi connectivity index (χ1) is 7.74. The predicted molar refractivity (Wildman–Crippen MR) is 69.7 cm³/mol. The molecular weight excluding hydrogens is 216 g/mol. The summed E-state index contributed by atoms with van der Waals surface area (Å²) < 4.78 is 2.08. The molecule has 1 unspecified atom stereocenters. The molecule has 0 radical (unpaired) electrons. The Morgan fingerprint density at radius 3 is 2.88 bits per heavy atom. The molecule has 0 aromatic carbocycles. The summed E-state index contributed by atoms with van der Waals surface area (Å²) in [6.45, 7) is 3.19. The molecule has 0 aliphatic carbocycles. The number of nitrogens with zero attached hydrogens (tertiary/aromatic N) is 1. The van der Waals surface area contributed by atoms with Gasteiger partial charge in [-0.15, -0.1) is 0 Å². The van der Waals surface area contributed by atoms with E-state index in [4.69, 9.17) is 0 Å². The van der Waals surface area contributed by atoms with E-state index in [9.17, 15) is 0 Å². The van der Waals surface area contributed by atoms with Crippen LogP contribution in [0.3, 0.4) is 0 Å². The van der Waals surface area contributed by atoms with Gasteiger partial charge in [-0.2, -0.15) is 11.3 Å². The summed E-state index contributed by atoms with van der Waals surface area (Å²) in [5.74, 6) is 0. The van der Waals surface area contributed by atoms with Crippen molar-refractivity contribution >= 4 is 11.3 Å². The highest BCUT2D eigenvalue weighted by molar-refractivity contribution is 7.07. The first-order valence-corrected chi connectivity index (χ1v) is 6.53. The molecule has 86 valence electrons. The quantitative estimate of drug-likeness (QED) is 0.842. The molecule has 0 bridgehead atoms. The zero-order chi connectivity index (χ0) is 11.4. The molecule has 2 heterocycles. The Morgan fingerprint density at radius 1 is 1.38 bits per heavy atom. The maximum atomic E-state index is 3.54. The topological polar surface area (TPSA) is 17.0 Å². The van der Waals surface area contributed by atoms with Crippen LogP contribution in [0, 0.1) is 0 Å². The van der Waals surface area contributed by atoms with Crippen molar-refractivity contribution in [3.05, 3.63) is 46.4 Å². The second-order valence-electron chi connectivity index (χ2n) is 4.30. The second kappa shape index (κ2) is 5.32. The maximum Gasteiger partial charge on any atom is 0.0223 e. The molecule has 1 N–H and O–H groups in total. The minimum Gasteiger partial charge on any atom is -0.357 e. The Labute approximate surface area is 101 Å². The van der Waals surface area contributed by atoms with E-state index in [2.05, 4.69) is 59.1 Å². The lowest BCUT2D eigenvalue weighted by atomic mass is 10.1. The average Bonchev–Trinajstić information content (AvgIpc) is 2.87. The fourth-order valence-electron chi connectivity index (χ4n) is 1.79. The van der Waals surface area contributed by atoms with Gasteiger partial charge in [0, 0.05) is 32.0 Å². The SMILES string of the molecule is CC(Cc1ccsc1)NCc1ccn(C)c1. The highest BCUT2D eigenvalue weighted by atomic mass is 32.1. The van der Waals surface area contributed by atoms with Crippen LogP contribution in [0.15, 0.2) is 35.3 Å². The number of aryl methyl sites for hydroxylation is 1. The van der Waals surface area contributed by atoms with Gasteiger partial charge in [0.25, 0.3) is 0 Å². The number of rotatable bonds is 5. The molecule has 2 aromatic heterocycles. The van der Waals surface area contributed by atoms with Gasteiger partial charge in [0.15, 0.2) is 0 Å². The molecule has 0 fully saturated rings. The molecule has 1 atom stereocenters. The van der Waals surface area contributed by atoms with Crippen LogP contribution in [0.25, 0.3) is 0 Å². The van der Waals surface area contributed by atoms with Crippen LogP contribution in [0.1, 0.15) is 18.1 Å². The first-order valence-electron chi connectivity index (χ1n) is 5.59. The van der Waals surface area contributed by atoms with Crippen molar-refractivity contribution in [2.45, 2.75) is 25.9 Å². The Bertz CT molecular complexity index is 417. The van der Waals surface area contributed by atoms with E-state index >= 15 is 0 Å². The highest BCUT2D eigenvalue weighted by Gasteiger charge is 2.03. The lowest BCUT2D eigenvalue weighted by Crippen LogP contribution is -2.27. The third kappa shape index (κ3) is 3.22. The average molecular weight is 234 g/mol. The van der Waals surface area contributed by atoms with Gasteiger partial charge in [-0.1, -0.05) is 0 Å². The van der Waals surface area contributed by atoms with Crippen molar-refractivity contribution < 1.29 is 0 Å². The third-order valence-corrected chi connectivity index (χ3v) is 3.40. The van der Waals surface area contributed by atoms with Crippen LogP contribution in [-0.4, -0.2) is 10.6 Å². The standard InChI is InChI=1S/C13H18N2S/c1-11(7-12-4-6-16-10-12)14-8-13-3-5-15(2)9-13/h3-6,9-11,14H,7-8H2,1-2H3. The van der Waals surface area contributed by atoms with E-state index in [1.807, 2.05) is 0 Å². The summed E-state index contributed by atoms with van der Waals surface area (Å²) in [5, 5.41) is 7.90. The van der Waals surface area contributed by atoms with E-state index in [-0.39, 0.29) is 0 Å². The summed E-state index contributed by atoms with van der Waals surface area (Å²) in [7, 11) is 2.05.